The third-order valence-electron chi connectivity index (χ3n) is 4.22. The molecule has 1 aromatic rings. The van der Waals surface area contributed by atoms with Crippen molar-refractivity contribution in [2.75, 3.05) is 6.54 Å². The predicted octanol–water partition coefficient (Wildman–Crippen LogP) is 2.17. The van der Waals surface area contributed by atoms with Crippen molar-refractivity contribution in [3.63, 3.8) is 0 Å². The molecule has 98 valence electrons. The van der Waals surface area contributed by atoms with Crippen LogP contribution in [-0.4, -0.2) is 12.5 Å². The second-order valence-corrected chi connectivity index (χ2v) is 5.38. The van der Waals surface area contributed by atoms with E-state index in [0.29, 0.717) is 6.54 Å². The molecule has 2 rings (SSSR count). The molecule has 2 unspecified atom stereocenters. The van der Waals surface area contributed by atoms with Gasteiger partial charge in [-0.2, -0.15) is 0 Å². The van der Waals surface area contributed by atoms with Gasteiger partial charge in [-0.25, -0.2) is 0 Å². The predicted molar refractivity (Wildman–Crippen MR) is 73.1 cm³/mol. The van der Waals surface area contributed by atoms with E-state index in [1.54, 1.807) is 0 Å². The number of nitrogens with one attached hydrogen (secondary N) is 1. The van der Waals surface area contributed by atoms with Gasteiger partial charge in [0.15, 0.2) is 0 Å². The molecule has 0 heterocycles. The maximum Gasteiger partial charge on any atom is 0.227 e. The van der Waals surface area contributed by atoms with Crippen molar-refractivity contribution < 1.29 is 4.79 Å². The standard InChI is InChI=1S/C15H22N2O/c1-3-15(2,10-16)14(18)17-13-9-8-11-6-4-5-7-12(11)13/h4-7,13H,3,8-10,16H2,1-2H3,(H,17,18). The van der Waals surface area contributed by atoms with E-state index in [2.05, 4.69) is 23.5 Å². The first kappa shape index (κ1) is 13.1. The van der Waals surface area contributed by atoms with Crippen LogP contribution in [-0.2, 0) is 11.2 Å². The second kappa shape index (κ2) is 5.11. The van der Waals surface area contributed by atoms with Crippen LogP contribution in [0.5, 0.6) is 0 Å². The Morgan fingerprint density at radius 1 is 1.50 bits per heavy atom. The summed E-state index contributed by atoms with van der Waals surface area (Å²) >= 11 is 0. The molecule has 2 atom stereocenters. The molecule has 0 radical (unpaired) electrons. The molecule has 0 aliphatic heterocycles. The zero-order valence-corrected chi connectivity index (χ0v) is 11.2. The lowest BCUT2D eigenvalue weighted by atomic mass is 9.86. The largest absolute Gasteiger partial charge is 0.349 e. The Bertz CT molecular complexity index is 438. The molecule has 1 aliphatic rings. The van der Waals surface area contributed by atoms with E-state index < -0.39 is 5.41 Å². The third kappa shape index (κ3) is 2.27. The Kier molecular flexibility index (Phi) is 3.71. The minimum Gasteiger partial charge on any atom is -0.349 e. The molecule has 0 spiro atoms. The van der Waals surface area contributed by atoms with Gasteiger partial charge in [-0.1, -0.05) is 31.2 Å². The van der Waals surface area contributed by atoms with Crippen LogP contribution in [0.15, 0.2) is 24.3 Å². The molecule has 0 bridgehead atoms. The summed E-state index contributed by atoms with van der Waals surface area (Å²) in [5.74, 6) is 0.0780. The number of rotatable bonds is 4. The molecule has 3 N–H and O–H groups in total. The molecular weight excluding hydrogens is 224 g/mol. The van der Waals surface area contributed by atoms with Gasteiger partial charge >= 0.3 is 0 Å². The third-order valence-corrected chi connectivity index (χ3v) is 4.22. The number of hydrogen-bond donors (Lipinski definition) is 2. The van der Waals surface area contributed by atoms with Gasteiger partial charge in [0.2, 0.25) is 5.91 Å². The van der Waals surface area contributed by atoms with Crippen molar-refractivity contribution in [3.05, 3.63) is 35.4 Å². The first-order chi connectivity index (χ1) is 8.60. The monoisotopic (exact) mass is 246 g/mol. The summed E-state index contributed by atoms with van der Waals surface area (Å²) < 4.78 is 0. The normalized spacial score (nSPS) is 21.2. The summed E-state index contributed by atoms with van der Waals surface area (Å²) in [6, 6.07) is 8.50. The molecule has 3 nitrogen and oxygen atoms in total. The van der Waals surface area contributed by atoms with E-state index in [0.717, 1.165) is 19.3 Å². The molecule has 1 amide bonds. The van der Waals surface area contributed by atoms with Crippen LogP contribution < -0.4 is 11.1 Å². The first-order valence-electron chi connectivity index (χ1n) is 6.69. The van der Waals surface area contributed by atoms with Crippen LogP contribution >= 0.6 is 0 Å². The van der Waals surface area contributed by atoms with Crippen molar-refractivity contribution >= 4 is 5.91 Å². The van der Waals surface area contributed by atoms with Gasteiger partial charge in [-0.15, -0.1) is 0 Å². The Morgan fingerprint density at radius 3 is 2.89 bits per heavy atom. The molecule has 0 saturated carbocycles. The van der Waals surface area contributed by atoms with Crippen molar-refractivity contribution in [2.24, 2.45) is 11.1 Å². The van der Waals surface area contributed by atoms with E-state index in [9.17, 15) is 4.79 Å². The highest BCUT2D eigenvalue weighted by Crippen LogP contribution is 2.32. The van der Waals surface area contributed by atoms with E-state index in [1.165, 1.54) is 11.1 Å². The number of aryl methyl sites for hydroxylation is 1. The van der Waals surface area contributed by atoms with Crippen LogP contribution in [0.4, 0.5) is 0 Å². The Labute approximate surface area is 109 Å². The second-order valence-electron chi connectivity index (χ2n) is 5.38. The number of benzene rings is 1. The van der Waals surface area contributed by atoms with Crippen LogP contribution in [0, 0.1) is 5.41 Å². The highest BCUT2D eigenvalue weighted by molar-refractivity contribution is 5.83. The average molecular weight is 246 g/mol. The summed E-state index contributed by atoms with van der Waals surface area (Å²) in [5, 5.41) is 3.16. The summed E-state index contributed by atoms with van der Waals surface area (Å²) in [5.41, 5.74) is 7.90. The molecule has 18 heavy (non-hydrogen) atoms. The number of nitrogens with two attached hydrogens (primary N) is 1. The molecule has 0 aromatic heterocycles. The topological polar surface area (TPSA) is 55.1 Å². The number of fused-ring (bicyclic) bond motifs is 1. The minimum atomic E-state index is -0.447. The zero-order chi connectivity index (χ0) is 13.2. The summed E-state index contributed by atoms with van der Waals surface area (Å²) in [6.07, 6.45) is 2.81. The van der Waals surface area contributed by atoms with Crippen molar-refractivity contribution in [1.82, 2.24) is 5.32 Å². The van der Waals surface area contributed by atoms with Gasteiger partial charge in [0.25, 0.3) is 0 Å². The van der Waals surface area contributed by atoms with Gasteiger partial charge < -0.3 is 11.1 Å². The SMILES string of the molecule is CCC(C)(CN)C(=O)NC1CCc2ccccc21. The molecular formula is C15H22N2O. The number of hydrogen-bond acceptors (Lipinski definition) is 2. The quantitative estimate of drug-likeness (QED) is 0.855. The lowest BCUT2D eigenvalue weighted by molar-refractivity contribution is -0.130. The molecule has 0 fully saturated rings. The molecule has 1 aliphatic carbocycles. The first-order valence-corrected chi connectivity index (χ1v) is 6.69. The van der Waals surface area contributed by atoms with E-state index in [1.807, 2.05) is 19.9 Å². The lowest BCUT2D eigenvalue weighted by Gasteiger charge is -2.27. The molecule has 3 heteroatoms. The highest BCUT2D eigenvalue weighted by atomic mass is 16.2. The molecule has 0 saturated heterocycles. The summed E-state index contributed by atoms with van der Waals surface area (Å²) in [4.78, 5) is 12.3. The van der Waals surface area contributed by atoms with Gasteiger partial charge in [0.05, 0.1) is 11.5 Å². The average Bonchev–Trinajstić information content (AvgIpc) is 2.81. The lowest BCUT2D eigenvalue weighted by Crippen LogP contribution is -2.44. The Hall–Kier alpha value is -1.35. The Balaban J connectivity index is 2.10. The highest BCUT2D eigenvalue weighted by Gasteiger charge is 2.33. The van der Waals surface area contributed by atoms with Crippen LogP contribution in [0.3, 0.4) is 0 Å². The summed E-state index contributed by atoms with van der Waals surface area (Å²) in [6.45, 7) is 4.34. The van der Waals surface area contributed by atoms with Crippen molar-refractivity contribution in [1.29, 1.82) is 0 Å². The number of carbonyl (C=O) groups excluding carboxylic acids is 1. The van der Waals surface area contributed by atoms with Gasteiger partial charge in [0, 0.05) is 6.54 Å². The van der Waals surface area contributed by atoms with Crippen LogP contribution in [0.1, 0.15) is 43.9 Å². The fourth-order valence-corrected chi connectivity index (χ4v) is 2.44. The fourth-order valence-electron chi connectivity index (χ4n) is 2.44. The minimum absolute atomic E-state index is 0.0780. The fraction of sp³-hybridized carbons (Fsp3) is 0.533. The van der Waals surface area contributed by atoms with E-state index in [4.69, 9.17) is 5.73 Å². The number of carbonyl (C=O) groups is 1. The van der Waals surface area contributed by atoms with Crippen molar-refractivity contribution in [2.45, 2.75) is 39.2 Å². The molecule has 1 aromatic carbocycles. The van der Waals surface area contributed by atoms with Crippen molar-refractivity contribution in [3.8, 4) is 0 Å². The van der Waals surface area contributed by atoms with Crippen LogP contribution in [0.2, 0.25) is 0 Å². The Morgan fingerprint density at radius 2 is 2.22 bits per heavy atom. The smallest absolute Gasteiger partial charge is 0.227 e. The maximum absolute atomic E-state index is 12.3. The number of amides is 1. The van der Waals surface area contributed by atoms with E-state index >= 15 is 0 Å². The van der Waals surface area contributed by atoms with Gasteiger partial charge in [0.1, 0.15) is 0 Å². The van der Waals surface area contributed by atoms with Gasteiger partial charge in [-0.05, 0) is 37.3 Å². The van der Waals surface area contributed by atoms with E-state index in [-0.39, 0.29) is 11.9 Å². The zero-order valence-electron chi connectivity index (χ0n) is 11.2. The van der Waals surface area contributed by atoms with Crippen LogP contribution in [0.25, 0.3) is 0 Å². The maximum atomic E-state index is 12.3. The summed E-state index contributed by atoms with van der Waals surface area (Å²) in [7, 11) is 0. The van der Waals surface area contributed by atoms with Gasteiger partial charge in [-0.3, -0.25) is 4.79 Å².